The van der Waals surface area contributed by atoms with Gasteiger partial charge in [-0.1, -0.05) is 0 Å². The fourth-order valence-corrected chi connectivity index (χ4v) is 1.99. The van der Waals surface area contributed by atoms with Gasteiger partial charge >= 0.3 is 5.97 Å². The lowest BCUT2D eigenvalue weighted by Gasteiger charge is -2.03. The maximum atomic E-state index is 11.5. The largest absolute Gasteiger partial charge is 0.465 e. The Bertz CT molecular complexity index is 548. The summed E-state index contributed by atoms with van der Waals surface area (Å²) >= 11 is 0. The van der Waals surface area contributed by atoms with Gasteiger partial charge in [0.05, 0.1) is 6.61 Å². The smallest absolute Gasteiger partial charge is 0.325 e. The number of hydrogen-bond acceptors (Lipinski definition) is 4. The van der Waals surface area contributed by atoms with E-state index in [0.29, 0.717) is 6.61 Å². The van der Waals surface area contributed by atoms with Gasteiger partial charge in [0.2, 0.25) is 0 Å². The number of nitrogens with one attached hydrogen (secondary N) is 1. The molecule has 0 saturated heterocycles. The number of nitrogens with zero attached hydrogens (tertiary/aromatic N) is 2. The third kappa shape index (κ3) is 2.51. The Labute approximate surface area is 106 Å². The van der Waals surface area contributed by atoms with E-state index < -0.39 is 0 Å². The third-order valence-electron chi connectivity index (χ3n) is 2.69. The zero-order valence-corrected chi connectivity index (χ0v) is 10.6. The van der Waals surface area contributed by atoms with Crippen LogP contribution in [0.25, 0.3) is 11.0 Å². The van der Waals surface area contributed by atoms with Crippen LogP contribution in [0.15, 0.2) is 24.5 Å². The van der Waals surface area contributed by atoms with Crippen molar-refractivity contribution in [2.45, 2.75) is 20.0 Å². The predicted octanol–water partition coefficient (Wildman–Crippen LogP) is 1.32. The van der Waals surface area contributed by atoms with Gasteiger partial charge in [-0.2, -0.15) is 0 Å². The topological polar surface area (TPSA) is 56.1 Å². The van der Waals surface area contributed by atoms with Crippen LogP contribution in [-0.2, 0) is 22.6 Å². The van der Waals surface area contributed by atoms with Crippen LogP contribution in [0.1, 0.15) is 12.5 Å². The van der Waals surface area contributed by atoms with Crippen molar-refractivity contribution >= 4 is 17.0 Å². The number of fused-ring (bicyclic) bond motifs is 1. The Hall–Kier alpha value is -1.88. The summed E-state index contributed by atoms with van der Waals surface area (Å²) in [5, 5.41) is 4.18. The van der Waals surface area contributed by atoms with Crippen molar-refractivity contribution in [1.82, 2.24) is 14.9 Å². The quantitative estimate of drug-likeness (QED) is 0.810. The van der Waals surface area contributed by atoms with Crippen LogP contribution in [0.3, 0.4) is 0 Å². The van der Waals surface area contributed by atoms with Crippen LogP contribution < -0.4 is 5.32 Å². The van der Waals surface area contributed by atoms with Crippen LogP contribution in [0.2, 0.25) is 0 Å². The molecule has 0 amide bonds. The van der Waals surface area contributed by atoms with E-state index in [9.17, 15) is 4.79 Å². The first-order chi connectivity index (χ1) is 8.76. The number of carbonyl (C=O) groups is 1. The average Bonchev–Trinajstić information content (AvgIpc) is 2.69. The molecule has 2 rings (SSSR count). The molecular formula is C13H17N3O2. The van der Waals surface area contributed by atoms with Crippen molar-refractivity contribution in [1.29, 1.82) is 0 Å². The normalized spacial score (nSPS) is 10.8. The van der Waals surface area contributed by atoms with Crippen LogP contribution in [-0.4, -0.2) is 29.2 Å². The summed E-state index contributed by atoms with van der Waals surface area (Å²) in [5.74, 6) is -0.240. The molecule has 2 aromatic heterocycles. The van der Waals surface area contributed by atoms with E-state index in [1.165, 1.54) is 0 Å². The highest BCUT2D eigenvalue weighted by Crippen LogP contribution is 2.19. The molecule has 0 aliphatic rings. The molecule has 0 saturated carbocycles. The second-order valence-corrected chi connectivity index (χ2v) is 3.99. The van der Waals surface area contributed by atoms with Gasteiger partial charge in [0.1, 0.15) is 12.2 Å². The average molecular weight is 247 g/mol. The van der Waals surface area contributed by atoms with Crippen molar-refractivity contribution in [3.8, 4) is 0 Å². The Morgan fingerprint density at radius 3 is 3.11 bits per heavy atom. The highest BCUT2D eigenvalue weighted by atomic mass is 16.5. The van der Waals surface area contributed by atoms with E-state index in [0.717, 1.165) is 23.1 Å². The SMILES string of the molecule is CCOC(=O)Cn1cc(CNC)c2cccnc21. The van der Waals surface area contributed by atoms with Gasteiger partial charge in [0, 0.05) is 24.3 Å². The summed E-state index contributed by atoms with van der Waals surface area (Å²) in [7, 11) is 1.89. The number of ether oxygens (including phenoxy) is 1. The number of carbonyl (C=O) groups excluding carboxylic acids is 1. The third-order valence-corrected chi connectivity index (χ3v) is 2.69. The zero-order valence-electron chi connectivity index (χ0n) is 10.6. The number of rotatable bonds is 5. The molecule has 2 heterocycles. The van der Waals surface area contributed by atoms with Gasteiger partial charge in [-0.3, -0.25) is 4.79 Å². The van der Waals surface area contributed by atoms with Gasteiger partial charge in [0.25, 0.3) is 0 Å². The molecule has 0 radical (unpaired) electrons. The summed E-state index contributed by atoms with van der Waals surface area (Å²) in [5.41, 5.74) is 1.95. The van der Waals surface area contributed by atoms with Gasteiger partial charge in [-0.25, -0.2) is 4.98 Å². The number of pyridine rings is 1. The molecule has 0 atom stereocenters. The molecule has 96 valence electrons. The molecule has 0 aliphatic carbocycles. The van der Waals surface area contributed by atoms with Crippen LogP contribution in [0.5, 0.6) is 0 Å². The lowest BCUT2D eigenvalue weighted by atomic mass is 10.2. The molecule has 1 N–H and O–H groups in total. The highest BCUT2D eigenvalue weighted by molar-refractivity contribution is 5.82. The summed E-state index contributed by atoms with van der Waals surface area (Å²) in [6.45, 7) is 3.15. The number of esters is 1. The number of hydrogen-bond donors (Lipinski definition) is 1. The summed E-state index contributed by atoms with van der Waals surface area (Å²) in [6.07, 6.45) is 3.68. The van der Waals surface area contributed by atoms with Crippen LogP contribution in [0.4, 0.5) is 0 Å². The van der Waals surface area contributed by atoms with Crippen molar-refractivity contribution in [3.63, 3.8) is 0 Å². The summed E-state index contributed by atoms with van der Waals surface area (Å²) in [4.78, 5) is 15.9. The van der Waals surface area contributed by atoms with Gasteiger partial charge in [-0.05, 0) is 31.7 Å². The van der Waals surface area contributed by atoms with Gasteiger partial charge in [-0.15, -0.1) is 0 Å². The molecule has 18 heavy (non-hydrogen) atoms. The maximum Gasteiger partial charge on any atom is 0.325 e. The van der Waals surface area contributed by atoms with Crippen molar-refractivity contribution in [2.75, 3.05) is 13.7 Å². The minimum atomic E-state index is -0.240. The second-order valence-electron chi connectivity index (χ2n) is 3.99. The Balaban J connectivity index is 2.35. The lowest BCUT2D eigenvalue weighted by Crippen LogP contribution is -2.13. The van der Waals surface area contributed by atoms with E-state index in [2.05, 4.69) is 10.3 Å². The molecule has 0 aliphatic heterocycles. The molecule has 0 unspecified atom stereocenters. The minimum Gasteiger partial charge on any atom is -0.465 e. The molecule has 0 aromatic carbocycles. The Kier molecular flexibility index (Phi) is 3.94. The molecule has 2 aromatic rings. The van der Waals surface area contributed by atoms with E-state index in [-0.39, 0.29) is 12.5 Å². The standard InChI is InChI=1S/C13H17N3O2/c1-3-18-12(17)9-16-8-10(7-14-2)11-5-4-6-15-13(11)16/h4-6,8,14H,3,7,9H2,1-2H3. The van der Waals surface area contributed by atoms with Gasteiger partial charge < -0.3 is 14.6 Å². The van der Waals surface area contributed by atoms with Crippen LogP contribution >= 0.6 is 0 Å². The first-order valence-electron chi connectivity index (χ1n) is 5.99. The molecule has 0 spiro atoms. The number of aromatic nitrogens is 2. The molecule has 0 bridgehead atoms. The first-order valence-corrected chi connectivity index (χ1v) is 5.99. The molecular weight excluding hydrogens is 230 g/mol. The van der Waals surface area contributed by atoms with Crippen molar-refractivity contribution < 1.29 is 9.53 Å². The van der Waals surface area contributed by atoms with E-state index in [4.69, 9.17) is 4.74 Å². The minimum absolute atomic E-state index is 0.199. The van der Waals surface area contributed by atoms with E-state index in [1.54, 1.807) is 13.1 Å². The highest BCUT2D eigenvalue weighted by Gasteiger charge is 2.11. The second kappa shape index (κ2) is 5.64. The molecule has 0 fully saturated rings. The molecule has 5 nitrogen and oxygen atoms in total. The van der Waals surface area contributed by atoms with E-state index in [1.807, 2.05) is 29.9 Å². The maximum absolute atomic E-state index is 11.5. The fraction of sp³-hybridized carbons (Fsp3) is 0.385. The first kappa shape index (κ1) is 12.6. The fourth-order valence-electron chi connectivity index (χ4n) is 1.99. The summed E-state index contributed by atoms with van der Waals surface area (Å²) < 4.78 is 6.79. The van der Waals surface area contributed by atoms with Gasteiger partial charge in [0.15, 0.2) is 0 Å². The van der Waals surface area contributed by atoms with Crippen LogP contribution in [0, 0.1) is 0 Å². The summed E-state index contributed by atoms with van der Waals surface area (Å²) in [6, 6.07) is 3.91. The predicted molar refractivity (Wildman–Crippen MR) is 69.1 cm³/mol. The zero-order chi connectivity index (χ0) is 13.0. The lowest BCUT2D eigenvalue weighted by molar-refractivity contribution is -0.143. The van der Waals surface area contributed by atoms with Crippen molar-refractivity contribution in [3.05, 3.63) is 30.1 Å². The monoisotopic (exact) mass is 247 g/mol. The van der Waals surface area contributed by atoms with E-state index >= 15 is 0 Å². The molecule has 5 heteroatoms. The Morgan fingerprint density at radius 2 is 2.39 bits per heavy atom. The van der Waals surface area contributed by atoms with Crippen molar-refractivity contribution in [2.24, 2.45) is 0 Å². The Morgan fingerprint density at radius 1 is 1.56 bits per heavy atom.